The summed E-state index contributed by atoms with van der Waals surface area (Å²) in [7, 11) is 0. The molecule has 1 fully saturated rings. The number of aliphatic carboxylic acids is 1. The summed E-state index contributed by atoms with van der Waals surface area (Å²) >= 11 is 12.2. The first kappa shape index (κ1) is 36.4. The molecule has 12 nitrogen and oxygen atoms in total. The molecule has 0 spiro atoms. The fraction of sp³-hybridized carbons (Fsp3) is 0.567. The second-order valence-electron chi connectivity index (χ2n) is 10.4. The lowest BCUT2D eigenvalue weighted by Crippen LogP contribution is -2.61. The maximum atomic E-state index is 11.3. The molecule has 0 unspecified atom stereocenters. The molecule has 1 aliphatic rings. The van der Waals surface area contributed by atoms with Crippen molar-refractivity contribution in [1.82, 2.24) is 5.32 Å². The minimum Gasteiger partial charge on any atom is -0.479 e. The minimum atomic E-state index is -1.85. The molecule has 1 saturated heterocycles. The van der Waals surface area contributed by atoms with Crippen LogP contribution in [-0.4, -0.2) is 100 Å². The van der Waals surface area contributed by atoms with Gasteiger partial charge in [0, 0.05) is 34.3 Å². The molecule has 0 saturated carbocycles. The van der Waals surface area contributed by atoms with E-state index in [2.05, 4.69) is 5.32 Å². The quantitative estimate of drug-likeness (QED) is 0.109. The number of carboxylic acids is 1. The Bertz CT molecular complexity index is 1150. The van der Waals surface area contributed by atoms with Crippen molar-refractivity contribution in [3.05, 3.63) is 63.1 Å². The number of hydrogen-bond donors (Lipinski definition) is 7. The first-order valence-electron chi connectivity index (χ1n) is 14.4. The summed E-state index contributed by atoms with van der Waals surface area (Å²) in [6, 6.07) is 9.86. The Morgan fingerprint density at radius 2 is 1.64 bits per heavy atom. The van der Waals surface area contributed by atoms with Gasteiger partial charge in [-0.25, -0.2) is 4.79 Å². The molecule has 14 heteroatoms. The highest BCUT2D eigenvalue weighted by Gasteiger charge is 2.48. The van der Waals surface area contributed by atoms with Crippen molar-refractivity contribution in [2.45, 2.75) is 75.7 Å². The van der Waals surface area contributed by atoms with Crippen LogP contribution in [0.1, 0.15) is 48.5 Å². The average Bonchev–Trinajstić information content (AvgIpc) is 3.00. The number of aliphatic hydroxyl groups excluding tert-OH is 5. The standard InChI is InChI=1S/C30H41Cl2NO11/c31-21-6-5-7-22(32)20(21)17-42-13-12-41-11-4-2-1-3-10-33-15-23(35)18-8-9-24(19(14-18)16-34)43-30-27(38)25(36)26(37)28(44-30)29(39)40/h5-9,14,23,25-28,30,33-38H,1-4,10-13,15-17H2,(H,39,40)/t23-,25-,26-,27+,28-,30+/m0/s1. The van der Waals surface area contributed by atoms with Crippen LogP contribution in [-0.2, 0) is 32.2 Å². The molecule has 0 radical (unpaired) electrons. The Balaban J connectivity index is 1.28. The monoisotopic (exact) mass is 661 g/mol. The molecular weight excluding hydrogens is 621 g/mol. The summed E-state index contributed by atoms with van der Waals surface area (Å²) in [4.78, 5) is 11.3. The molecule has 44 heavy (non-hydrogen) atoms. The number of rotatable bonds is 19. The molecule has 246 valence electrons. The third kappa shape index (κ3) is 10.8. The summed E-state index contributed by atoms with van der Waals surface area (Å²) in [6.45, 7) is 2.42. The van der Waals surface area contributed by atoms with Gasteiger partial charge in [0.25, 0.3) is 0 Å². The highest BCUT2D eigenvalue weighted by molar-refractivity contribution is 6.35. The Labute approximate surface area is 266 Å². The van der Waals surface area contributed by atoms with Crippen molar-refractivity contribution < 1.29 is 54.4 Å². The Morgan fingerprint density at radius 3 is 2.34 bits per heavy atom. The second kappa shape index (κ2) is 18.8. The number of hydrogen-bond acceptors (Lipinski definition) is 11. The van der Waals surface area contributed by atoms with Gasteiger partial charge in [-0.3, -0.25) is 0 Å². The summed E-state index contributed by atoms with van der Waals surface area (Å²) < 4.78 is 21.9. The topological polar surface area (TPSA) is 187 Å². The van der Waals surface area contributed by atoms with E-state index >= 15 is 0 Å². The summed E-state index contributed by atoms with van der Waals surface area (Å²) in [5.74, 6) is -1.47. The Morgan fingerprint density at radius 1 is 0.932 bits per heavy atom. The van der Waals surface area contributed by atoms with Gasteiger partial charge in [-0.15, -0.1) is 0 Å². The molecule has 1 aliphatic heterocycles. The summed E-state index contributed by atoms with van der Waals surface area (Å²) in [5, 5.41) is 64.0. The number of ether oxygens (including phenoxy) is 4. The lowest BCUT2D eigenvalue weighted by molar-refractivity contribution is -0.271. The number of nitrogens with one attached hydrogen (secondary N) is 1. The van der Waals surface area contributed by atoms with Crippen LogP contribution in [0.15, 0.2) is 36.4 Å². The predicted molar refractivity (Wildman–Crippen MR) is 161 cm³/mol. The zero-order valence-corrected chi connectivity index (χ0v) is 25.7. The van der Waals surface area contributed by atoms with Crippen LogP contribution in [0.4, 0.5) is 0 Å². The van der Waals surface area contributed by atoms with Gasteiger partial charge in [0.1, 0.15) is 24.1 Å². The van der Waals surface area contributed by atoms with Crippen molar-refractivity contribution in [2.24, 2.45) is 0 Å². The molecule has 2 aromatic carbocycles. The molecule has 0 amide bonds. The van der Waals surface area contributed by atoms with E-state index in [1.165, 1.54) is 12.1 Å². The van der Waals surface area contributed by atoms with Crippen molar-refractivity contribution >= 4 is 29.2 Å². The smallest absolute Gasteiger partial charge is 0.335 e. The van der Waals surface area contributed by atoms with Crippen LogP contribution in [0.3, 0.4) is 0 Å². The van der Waals surface area contributed by atoms with Gasteiger partial charge in [-0.2, -0.15) is 0 Å². The van der Waals surface area contributed by atoms with Crippen LogP contribution in [0.25, 0.3) is 0 Å². The number of unbranched alkanes of at least 4 members (excludes halogenated alkanes) is 3. The number of carbonyl (C=O) groups is 1. The highest BCUT2D eigenvalue weighted by atomic mass is 35.5. The second-order valence-corrected chi connectivity index (χ2v) is 11.2. The molecular formula is C30H41Cl2NO11. The van der Waals surface area contributed by atoms with E-state index < -0.39 is 49.4 Å². The Kier molecular flexibility index (Phi) is 15.5. The van der Waals surface area contributed by atoms with E-state index in [0.717, 1.165) is 31.2 Å². The molecule has 2 aromatic rings. The average molecular weight is 663 g/mol. The first-order valence-corrected chi connectivity index (χ1v) is 15.2. The third-order valence-electron chi connectivity index (χ3n) is 7.11. The number of aliphatic hydroxyl groups is 5. The Hall–Kier alpha value is -2.07. The van der Waals surface area contributed by atoms with Gasteiger partial charge in [0.05, 0.1) is 32.5 Å². The maximum Gasteiger partial charge on any atom is 0.335 e. The fourth-order valence-corrected chi connectivity index (χ4v) is 5.05. The predicted octanol–water partition coefficient (Wildman–Crippen LogP) is 2.17. The van der Waals surface area contributed by atoms with Crippen molar-refractivity contribution in [1.29, 1.82) is 0 Å². The van der Waals surface area contributed by atoms with E-state index in [1.54, 1.807) is 24.3 Å². The van der Waals surface area contributed by atoms with E-state index in [0.29, 0.717) is 48.6 Å². The fourth-order valence-electron chi connectivity index (χ4n) is 4.55. The summed E-state index contributed by atoms with van der Waals surface area (Å²) in [6.07, 6.45) is -5.84. The van der Waals surface area contributed by atoms with Crippen molar-refractivity contribution in [3.63, 3.8) is 0 Å². The van der Waals surface area contributed by atoms with E-state index in [9.17, 15) is 35.4 Å². The van der Waals surface area contributed by atoms with Gasteiger partial charge >= 0.3 is 5.97 Å². The van der Waals surface area contributed by atoms with Crippen molar-refractivity contribution in [3.8, 4) is 5.75 Å². The van der Waals surface area contributed by atoms with E-state index in [4.69, 9.17) is 42.1 Å². The molecule has 0 aromatic heterocycles. The van der Waals surface area contributed by atoms with E-state index in [1.807, 2.05) is 0 Å². The molecule has 7 N–H and O–H groups in total. The largest absolute Gasteiger partial charge is 0.479 e. The SMILES string of the molecule is O=C(O)[C@H]1O[C@@H](Oc2ccc([C@@H](O)CNCCCCCCOCCOCc3c(Cl)cccc3Cl)cc2CO)[C@H](O)[C@@H](O)[C@@H]1O. The van der Waals surface area contributed by atoms with Crippen LogP contribution < -0.4 is 10.1 Å². The van der Waals surface area contributed by atoms with Crippen molar-refractivity contribution in [2.75, 3.05) is 32.9 Å². The maximum absolute atomic E-state index is 11.3. The van der Waals surface area contributed by atoms with Gasteiger partial charge in [0.15, 0.2) is 6.10 Å². The van der Waals surface area contributed by atoms with Gasteiger partial charge < -0.3 is 54.9 Å². The molecule has 0 bridgehead atoms. The summed E-state index contributed by atoms with van der Waals surface area (Å²) in [5.41, 5.74) is 1.53. The number of halogens is 2. The molecule has 1 heterocycles. The highest BCUT2D eigenvalue weighted by Crippen LogP contribution is 2.29. The normalized spacial score (nSPS) is 22.6. The lowest BCUT2D eigenvalue weighted by Gasteiger charge is -2.38. The van der Waals surface area contributed by atoms with Gasteiger partial charge in [0.2, 0.25) is 6.29 Å². The number of carboxylic acid groups (broad SMARTS) is 1. The zero-order valence-electron chi connectivity index (χ0n) is 24.2. The lowest BCUT2D eigenvalue weighted by atomic mass is 9.99. The van der Waals surface area contributed by atoms with Crippen LogP contribution in [0, 0.1) is 0 Å². The van der Waals surface area contributed by atoms with Crippen LogP contribution in [0.5, 0.6) is 5.75 Å². The number of benzene rings is 2. The van der Waals surface area contributed by atoms with E-state index in [-0.39, 0.29) is 17.9 Å². The molecule has 3 rings (SSSR count). The van der Waals surface area contributed by atoms with Gasteiger partial charge in [-0.1, -0.05) is 48.2 Å². The first-order chi connectivity index (χ1) is 21.1. The van der Waals surface area contributed by atoms with Crippen LogP contribution in [0.2, 0.25) is 10.0 Å². The molecule has 6 atom stereocenters. The third-order valence-corrected chi connectivity index (χ3v) is 7.81. The van der Waals surface area contributed by atoms with Gasteiger partial charge in [-0.05, 0) is 49.2 Å². The molecule has 0 aliphatic carbocycles. The van der Waals surface area contributed by atoms with Crippen LogP contribution >= 0.6 is 23.2 Å². The minimum absolute atomic E-state index is 0.0618. The zero-order chi connectivity index (χ0) is 32.1.